The number of amides is 1. The highest BCUT2D eigenvalue weighted by Crippen LogP contribution is 2.18. The number of nitrogens with one attached hydrogen (secondary N) is 3. The summed E-state index contributed by atoms with van der Waals surface area (Å²) in [5, 5.41) is 0. The predicted molar refractivity (Wildman–Crippen MR) is 114 cm³/mol. The molecule has 2 aromatic carbocycles. The van der Waals surface area contributed by atoms with E-state index in [9.17, 15) is 13.2 Å². The van der Waals surface area contributed by atoms with E-state index < -0.39 is 15.9 Å². The Morgan fingerprint density at radius 2 is 1.60 bits per heavy atom. The van der Waals surface area contributed by atoms with Crippen LogP contribution in [0.2, 0.25) is 0 Å². The molecule has 156 valence electrons. The first-order valence-electron chi connectivity index (χ1n) is 9.27. The van der Waals surface area contributed by atoms with E-state index in [0.29, 0.717) is 5.56 Å². The molecule has 30 heavy (non-hydrogen) atoms. The highest BCUT2D eigenvalue weighted by molar-refractivity contribution is 7.89. The average Bonchev–Trinajstić information content (AvgIpc) is 2.71. The Kier molecular flexibility index (Phi) is 6.43. The van der Waals surface area contributed by atoms with E-state index >= 15 is 0 Å². The van der Waals surface area contributed by atoms with Crippen LogP contribution in [0.1, 0.15) is 32.9 Å². The molecule has 1 aromatic heterocycles. The molecule has 9 heteroatoms. The Morgan fingerprint density at radius 1 is 0.933 bits per heavy atom. The van der Waals surface area contributed by atoms with Gasteiger partial charge < -0.3 is 0 Å². The second kappa shape index (κ2) is 9.02. The normalized spacial score (nSPS) is 11.2. The van der Waals surface area contributed by atoms with Gasteiger partial charge in [0.25, 0.3) is 5.91 Å². The number of carbonyl (C=O) groups excluding carboxylic acids is 1. The largest absolute Gasteiger partial charge is 0.269 e. The number of nitrogens with zero attached hydrogens (tertiary/aromatic N) is 2. The molecule has 0 aliphatic rings. The van der Waals surface area contributed by atoms with Gasteiger partial charge in [0.2, 0.25) is 16.0 Å². The van der Waals surface area contributed by atoms with Gasteiger partial charge in [-0.3, -0.25) is 15.6 Å². The van der Waals surface area contributed by atoms with Crippen LogP contribution >= 0.6 is 0 Å². The van der Waals surface area contributed by atoms with Crippen LogP contribution in [0.25, 0.3) is 0 Å². The zero-order chi connectivity index (χ0) is 21.7. The molecule has 0 aliphatic carbocycles. The second-order valence-corrected chi connectivity index (χ2v) is 8.58. The summed E-state index contributed by atoms with van der Waals surface area (Å²) in [6.07, 6.45) is 0. The average molecular weight is 426 g/mol. The Morgan fingerprint density at radius 3 is 2.27 bits per heavy atom. The highest BCUT2D eigenvalue weighted by Gasteiger charge is 2.19. The van der Waals surface area contributed by atoms with Gasteiger partial charge in [0.05, 0.1) is 4.90 Å². The summed E-state index contributed by atoms with van der Waals surface area (Å²) in [5.41, 5.74) is 8.24. The third-order valence-electron chi connectivity index (χ3n) is 4.32. The second-order valence-electron chi connectivity index (χ2n) is 6.84. The van der Waals surface area contributed by atoms with Gasteiger partial charge in [0, 0.05) is 23.5 Å². The van der Waals surface area contributed by atoms with E-state index in [-0.39, 0.29) is 23.0 Å². The molecular weight excluding hydrogens is 402 g/mol. The Balaban J connectivity index is 1.74. The molecule has 0 unspecified atom stereocenters. The fraction of sp³-hybridized carbons (Fsp3) is 0.190. The first-order chi connectivity index (χ1) is 14.2. The van der Waals surface area contributed by atoms with Crippen molar-refractivity contribution in [1.29, 1.82) is 0 Å². The maximum Gasteiger partial charge on any atom is 0.269 e. The van der Waals surface area contributed by atoms with Crippen LogP contribution in [0.5, 0.6) is 0 Å². The molecule has 8 nitrogen and oxygen atoms in total. The van der Waals surface area contributed by atoms with E-state index in [1.165, 1.54) is 6.07 Å². The number of sulfonamides is 1. The van der Waals surface area contributed by atoms with Crippen molar-refractivity contribution in [2.45, 2.75) is 32.2 Å². The van der Waals surface area contributed by atoms with Crippen LogP contribution in [0.3, 0.4) is 0 Å². The molecule has 3 rings (SSSR count). The molecule has 0 saturated carbocycles. The predicted octanol–water partition coefficient (Wildman–Crippen LogP) is 2.64. The Labute approximate surface area is 175 Å². The minimum absolute atomic E-state index is 0.0498. The van der Waals surface area contributed by atoms with E-state index in [4.69, 9.17) is 0 Å². The van der Waals surface area contributed by atoms with Crippen LogP contribution in [0.15, 0.2) is 59.5 Å². The molecule has 1 heterocycles. The fourth-order valence-electron chi connectivity index (χ4n) is 2.85. The minimum Gasteiger partial charge on any atom is -0.267 e. The van der Waals surface area contributed by atoms with Gasteiger partial charge in [-0.25, -0.2) is 23.1 Å². The smallest absolute Gasteiger partial charge is 0.267 e. The molecule has 0 spiro atoms. The van der Waals surface area contributed by atoms with Crippen molar-refractivity contribution in [1.82, 2.24) is 20.1 Å². The Hall–Kier alpha value is -3.30. The van der Waals surface area contributed by atoms with Crippen LogP contribution < -0.4 is 15.6 Å². The number of hydrazine groups is 1. The summed E-state index contributed by atoms with van der Waals surface area (Å²) < 4.78 is 28.1. The highest BCUT2D eigenvalue weighted by atomic mass is 32.2. The molecule has 0 radical (unpaired) electrons. The summed E-state index contributed by atoms with van der Waals surface area (Å²) >= 11 is 0. The zero-order valence-corrected chi connectivity index (χ0v) is 17.7. The van der Waals surface area contributed by atoms with Crippen LogP contribution in [0, 0.1) is 20.8 Å². The van der Waals surface area contributed by atoms with Crippen molar-refractivity contribution < 1.29 is 13.2 Å². The molecule has 0 saturated heterocycles. The number of carbonyl (C=O) groups is 1. The van der Waals surface area contributed by atoms with Crippen LogP contribution in [-0.2, 0) is 16.6 Å². The van der Waals surface area contributed by atoms with Crippen molar-refractivity contribution >= 4 is 21.9 Å². The van der Waals surface area contributed by atoms with Crippen molar-refractivity contribution in [3.05, 3.63) is 82.7 Å². The standard InChI is InChI=1S/C21H23N5O3S/c1-14-9-10-18(20(27)25-26-21-23-15(2)11-16(3)24-21)12-19(14)30(28,29)22-13-17-7-5-4-6-8-17/h4-12,22H,13H2,1-3H3,(H,25,27)(H,23,24,26). The summed E-state index contributed by atoms with van der Waals surface area (Å²) in [7, 11) is -3.80. The number of hydrogen-bond donors (Lipinski definition) is 3. The number of hydrogen-bond acceptors (Lipinski definition) is 6. The molecule has 0 bridgehead atoms. The third-order valence-corrected chi connectivity index (χ3v) is 5.86. The molecule has 1 amide bonds. The lowest BCUT2D eigenvalue weighted by Crippen LogP contribution is -2.31. The van der Waals surface area contributed by atoms with Gasteiger partial charge in [-0.15, -0.1) is 0 Å². The van der Waals surface area contributed by atoms with E-state index in [1.807, 2.05) is 50.2 Å². The van der Waals surface area contributed by atoms with E-state index in [2.05, 4.69) is 25.5 Å². The van der Waals surface area contributed by atoms with Gasteiger partial charge in [0.1, 0.15) is 0 Å². The number of anilines is 1. The first-order valence-corrected chi connectivity index (χ1v) is 10.8. The molecule has 0 fully saturated rings. The first kappa shape index (κ1) is 21.4. The van der Waals surface area contributed by atoms with Gasteiger partial charge >= 0.3 is 0 Å². The topological polar surface area (TPSA) is 113 Å². The lowest BCUT2D eigenvalue weighted by molar-refractivity contribution is 0.0962. The third kappa shape index (κ3) is 5.40. The van der Waals surface area contributed by atoms with E-state index in [1.54, 1.807) is 19.1 Å². The van der Waals surface area contributed by atoms with Crippen LogP contribution in [0.4, 0.5) is 5.95 Å². The minimum atomic E-state index is -3.80. The Bertz CT molecular complexity index is 1140. The van der Waals surface area contributed by atoms with Crippen molar-refractivity contribution in [2.75, 3.05) is 5.43 Å². The van der Waals surface area contributed by atoms with Gasteiger partial charge in [-0.2, -0.15) is 0 Å². The van der Waals surface area contributed by atoms with Gasteiger partial charge in [-0.05, 0) is 50.1 Å². The van der Waals surface area contributed by atoms with Crippen LogP contribution in [-0.4, -0.2) is 24.3 Å². The fourth-order valence-corrected chi connectivity index (χ4v) is 4.14. The molecule has 3 N–H and O–H groups in total. The quantitative estimate of drug-likeness (QED) is 0.502. The number of aromatic nitrogens is 2. The SMILES string of the molecule is Cc1cc(C)nc(NNC(=O)c2ccc(C)c(S(=O)(=O)NCc3ccccc3)c2)n1. The van der Waals surface area contributed by atoms with Gasteiger partial charge in [-0.1, -0.05) is 36.4 Å². The molecule has 3 aromatic rings. The summed E-state index contributed by atoms with van der Waals surface area (Å²) in [6, 6.07) is 15.5. The molecular formula is C21H23N5O3S. The summed E-state index contributed by atoms with van der Waals surface area (Å²) in [6.45, 7) is 5.48. The van der Waals surface area contributed by atoms with Crippen molar-refractivity contribution in [3.63, 3.8) is 0 Å². The zero-order valence-electron chi connectivity index (χ0n) is 16.9. The lowest BCUT2D eigenvalue weighted by Gasteiger charge is -2.12. The monoisotopic (exact) mass is 425 g/mol. The molecule has 0 aliphatic heterocycles. The summed E-state index contributed by atoms with van der Waals surface area (Å²) in [5.74, 6) is -0.248. The maximum atomic E-state index is 12.8. The maximum absolute atomic E-state index is 12.8. The lowest BCUT2D eigenvalue weighted by atomic mass is 10.1. The van der Waals surface area contributed by atoms with Gasteiger partial charge in [0.15, 0.2) is 0 Å². The van der Waals surface area contributed by atoms with Crippen molar-refractivity contribution in [2.24, 2.45) is 0 Å². The molecule has 0 atom stereocenters. The number of rotatable bonds is 7. The van der Waals surface area contributed by atoms with Crippen molar-refractivity contribution in [3.8, 4) is 0 Å². The number of aryl methyl sites for hydroxylation is 3. The summed E-state index contributed by atoms with van der Waals surface area (Å²) in [4.78, 5) is 20.9. The number of benzene rings is 2. The van der Waals surface area contributed by atoms with E-state index in [0.717, 1.165) is 17.0 Å².